The Morgan fingerprint density at radius 2 is 2.10 bits per heavy atom. The molecule has 5 nitrogen and oxygen atoms in total. The molecule has 0 aliphatic heterocycles. The van der Waals surface area contributed by atoms with Crippen molar-refractivity contribution in [1.29, 1.82) is 0 Å². The highest BCUT2D eigenvalue weighted by molar-refractivity contribution is 6.34. The molecule has 1 fully saturated rings. The summed E-state index contributed by atoms with van der Waals surface area (Å²) in [6.45, 7) is 2.50. The molecule has 0 heterocycles. The number of nitrogens with two attached hydrogens (primary N) is 2. The standard InChI is InChI=1S/C15H20ClN3O2/c1-2-19(13-5-3-4-12(13)17)15(21)9-6-7-11(16)10(8-9)14(18)20/h6-8,12-13H,2-5,17H2,1H3,(H2,18,20). The van der Waals surface area contributed by atoms with Gasteiger partial charge in [-0.2, -0.15) is 0 Å². The zero-order chi connectivity index (χ0) is 15.6. The van der Waals surface area contributed by atoms with E-state index >= 15 is 0 Å². The highest BCUT2D eigenvalue weighted by atomic mass is 35.5. The molecule has 114 valence electrons. The Balaban J connectivity index is 2.29. The molecule has 1 aliphatic rings. The zero-order valence-electron chi connectivity index (χ0n) is 12.0. The van der Waals surface area contributed by atoms with Crippen molar-refractivity contribution in [3.05, 3.63) is 34.3 Å². The molecule has 0 radical (unpaired) electrons. The van der Waals surface area contributed by atoms with Gasteiger partial charge in [-0.1, -0.05) is 11.6 Å². The van der Waals surface area contributed by atoms with E-state index in [0.29, 0.717) is 12.1 Å². The van der Waals surface area contributed by atoms with Crippen LogP contribution in [0, 0.1) is 0 Å². The number of carbonyl (C=O) groups excluding carboxylic acids is 2. The maximum Gasteiger partial charge on any atom is 0.254 e. The fourth-order valence-corrected chi connectivity index (χ4v) is 3.11. The first-order chi connectivity index (χ1) is 9.95. The third-order valence-electron chi connectivity index (χ3n) is 4.01. The van der Waals surface area contributed by atoms with E-state index in [0.717, 1.165) is 19.3 Å². The van der Waals surface area contributed by atoms with E-state index in [1.165, 1.54) is 12.1 Å². The predicted molar refractivity (Wildman–Crippen MR) is 82.3 cm³/mol. The summed E-state index contributed by atoms with van der Waals surface area (Å²) in [5, 5.41) is 0.250. The van der Waals surface area contributed by atoms with Crippen molar-refractivity contribution in [1.82, 2.24) is 4.90 Å². The number of halogens is 1. The monoisotopic (exact) mass is 309 g/mol. The number of nitrogens with zero attached hydrogens (tertiary/aromatic N) is 1. The van der Waals surface area contributed by atoms with Crippen LogP contribution < -0.4 is 11.5 Å². The minimum atomic E-state index is -0.643. The lowest BCUT2D eigenvalue weighted by atomic mass is 10.1. The summed E-state index contributed by atoms with van der Waals surface area (Å²) in [5.74, 6) is -0.783. The van der Waals surface area contributed by atoms with Crippen LogP contribution in [0.15, 0.2) is 18.2 Å². The Labute approximate surface area is 129 Å². The lowest BCUT2D eigenvalue weighted by Gasteiger charge is -2.31. The highest BCUT2D eigenvalue weighted by Crippen LogP contribution is 2.25. The van der Waals surface area contributed by atoms with Gasteiger partial charge in [-0.25, -0.2) is 0 Å². The van der Waals surface area contributed by atoms with Gasteiger partial charge in [-0.15, -0.1) is 0 Å². The number of likely N-dealkylation sites (N-methyl/N-ethyl adjacent to an activating group) is 1. The smallest absolute Gasteiger partial charge is 0.254 e. The molecule has 0 bridgehead atoms. The lowest BCUT2D eigenvalue weighted by Crippen LogP contribution is -2.47. The first-order valence-electron chi connectivity index (χ1n) is 7.11. The van der Waals surface area contributed by atoms with Crippen molar-refractivity contribution in [2.24, 2.45) is 11.5 Å². The van der Waals surface area contributed by atoms with Crippen LogP contribution in [0.5, 0.6) is 0 Å². The van der Waals surface area contributed by atoms with Crippen LogP contribution in [0.4, 0.5) is 0 Å². The number of carbonyl (C=O) groups is 2. The summed E-state index contributed by atoms with van der Waals surface area (Å²) in [6, 6.07) is 4.65. The second-order valence-corrected chi connectivity index (χ2v) is 5.72. The minimum Gasteiger partial charge on any atom is -0.366 e. The maximum atomic E-state index is 12.7. The molecule has 1 aromatic rings. The molecule has 0 spiro atoms. The number of benzene rings is 1. The van der Waals surface area contributed by atoms with Gasteiger partial charge >= 0.3 is 0 Å². The van der Waals surface area contributed by atoms with Gasteiger partial charge in [0, 0.05) is 24.2 Å². The Morgan fingerprint density at radius 1 is 1.38 bits per heavy atom. The molecule has 2 unspecified atom stereocenters. The molecule has 6 heteroatoms. The molecular weight excluding hydrogens is 290 g/mol. The fourth-order valence-electron chi connectivity index (χ4n) is 2.90. The van der Waals surface area contributed by atoms with Gasteiger partial charge in [-0.05, 0) is 44.4 Å². The van der Waals surface area contributed by atoms with Gasteiger partial charge < -0.3 is 16.4 Å². The number of hydrogen-bond donors (Lipinski definition) is 2. The van der Waals surface area contributed by atoms with E-state index in [1.54, 1.807) is 11.0 Å². The molecule has 1 saturated carbocycles. The molecule has 0 saturated heterocycles. The first kappa shape index (κ1) is 15.8. The minimum absolute atomic E-state index is 0.0109. The largest absolute Gasteiger partial charge is 0.366 e. The van der Waals surface area contributed by atoms with E-state index < -0.39 is 5.91 Å². The Hall–Kier alpha value is -1.59. The van der Waals surface area contributed by atoms with Crippen molar-refractivity contribution >= 4 is 23.4 Å². The van der Waals surface area contributed by atoms with Crippen molar-refractivity contribution in [3.8, 4) is 0 Å². The summed E-state index contributed by atoms with van der Waals surface area (Å²) in [7, 11) is 0. The number of primary amides is 1. The van der Waals surface area contributed by atoms with E-state index in [-0.39, 0.29) is 28.6 Å². The average Bonchev–Trinajstić information content (AvgIpc) is 2.86. The van der Waals surface area contributed by atoms with Crippen molar-refractivity contribution in [2.75, 3.05) is 6.54 Å². The van der Waals surface area contributed by atoms with Crippen LogP contribution in [0.1, 0.15) is 46.9 Å². The van der Waals surface area contributed by atoms with Crippen LogP contribution >= 0.6 is 11.6 Å². The van der Waals surface area contributed by atoms with Gasteiger partial charge in [0.25, 0.3) is 5.91 Å². The third-order valence-corrected chi connectivity index (χ3v) is 4.34. The summed E-state index contributed by atoms with van der Waals surface area (Å²) in [4.78, 5) is 25.8. The molecular formula is C15H20ClN3O2. The quantitative estimate of drug-likeness (QED) is 0.888. The molecule has 21 heavy (non-hydrogen) atoms. The molecule has 0 aromatic heterocycles. The normalized spacial score (nSPS) is 21.3. The second kappa shape index (κ2) is 6.45. The zero-order valence-corrected chi connectivity index (χ0v) is 12.8. The molecule has 4 N–H and O–H groups in total. The molecule has 1 aliphatic carbocycles. The summed E-state index contributed by atoms with van der Waals surface area (Å²) < 4.78 is 0. The summed E-state index contributed by atoms with van der Waals surface area (Å²) >= 11 is 5.91. The Bertz CT molecular complexity index is 562. The molecule has 2 amide bonds. The van der Waals surface area contributed by atoms with Gasteiger partial charge in [0.15, 0.2) is 0 Å². The van der Waals surface area contributed by atoms with Gasteiger partial charge in [-0.3, -0.25) is 9.59 Å². The van der Waals surface area contributed by atoms with Crippen LogP contribution in [-0.4, -0.2) is 35.3 Å². The number of rotatable bonds is 4. The van der Waals surface area contributed by atoms with Crippen LogP contribution in [0.25, 0.3) is 0 Å². The van der Waals surface area contributed by atoms with E-state index in [9.17, 15) is 9.59 Å². The third kappa shape index (κ3) is 3.19. The number of hydrogen-bond acceptors (Lipinski definition) is 3. The van der Waals surface area contributed by atoms with Gasteiger partial charge in [0.2, 0.25) is 5.91 Å². The van der Waals surface area contributed by atoms with Crippen LogP contribution in [0.3, 0.4) is 0 Å². The Kier molecular flexibility index (Phi) is 4.85. The van der Waals surface area contributed by atoms with Crippen molar-refractivity contribution in [2.45, 2.75) is 38.3 Å². The first-order valence-corrected chi connectivity index (χ1v) is 7.49. The summed E-state index contributed by atoms with van der Waals surface area (Å²) in [6.07, 6.45) is 2.88. The fraction of sp³-hybridized carbons (Fsp3) is 0.467. The number of amides is 2. The summed E-state index contributed by atoms with van der Waals surface area (Å²) in [5.41, 5.74) is 11.9. The topological polar surface area (TPSA) is 89.4 Å². The van der Waals surface area contributed by atoms with Crippen LogP contribution in [-0.2, 0) is 0 Å². The molecule has 1 aromatic carbocycles. The lowest BCUT2D eigenvalue weighted by molar-refractivity contribution is 0.0679. The average molecular weight is 310 g/mol. The highest BCUT2D eigenvalue weighted by Gasteiger charge is 2.32. The maximum absolute atomic E-state index is 12.7. The van der Waals surface area contributed by atoms with E-state index in [2.05, 4.69) is 0 Å². The van der Waals surface area contributed by atoms with Crippen molar-refractivity contribution < 1.29 is 9.59 Å². The van der Waals surface area contributed by atoms with Gasteiger partial charge in [0.1, 0.15) is 0 Å². The van der Waals surface area contributed by atoms with Crippen LogP contribution in [0.2, 0.25) is 5.02 Å². The van der Waals surface area contributed by atoms with Gasteiger partial charge in [0.05, 0.1) is 10.6 Å². The molecule has 2 rings (SSSR count). The van der Waals surface area contributed by atoms with E-state index in [4.69, 9.17) is 23.1 Å². The molecule has 2 atom stereocenters. The van der Waals surface area contributed by atoms with E-state index in [1.807, 2.05) is 6.92 Å². The SMILES string of the molecule is CCN(C(=O)c1ccc(Cl)c(C(N)=O)c1)C1CCCC1N. The predicted octanol–water partition coefficient (Wildman–Crippen LogP) is 1.78. The Morgan fingerprint density at radius 3 is 2.62 bits per heavy atom. The second-order valence-electron chi connectivity index (χ2n) is 5.31. The van der Waals surface area contributed by atoms with Crippen molar-refractivity contribution in [3.63, 3.8) is 0 Å².